The smallest absolute Gasteiger partial charge is 0.222 e. The summed E-state index contributed by atoms with van der Waals surface area (Å²) in [6, 6.07) is 0.359. The molecule has 4 rings (SSSR count). The van der Waals surface area contributed by atoms with Gasteiger partial charge in [-0.2, -0.15) is 0 Å². The average Bonchev–Trinajstić information content (AvgIpc) is 3.16. The Balaban J connectivity index is 1.36. The minimum absolute atomic E-state index is 0.297. The number of H-pyrrole nitrogens is 1. The average molecular weight is 355 g/mol. The van der Waals surface area contributed by atoms with Crippen LogP contribution in [0.4, 0.5) is 5.95 Å². The summed E-state index contributed by atoms with van der Waals surface area (Å²) in [5.74, 6) is 1.15. The number of carbonyl (C=O) groups is 1. The Kier molecular flexibility index (Phi) is 4.83. The van der Waals surface area contributed by atoms with E-state index < -0.39 is 0 Å². The van der Waals surface area contributed by atoms with Gasteiger partial charge in [-0.15, -0.1) is 0 Å². The number of imidazole rings is 1. The summed E-state index contributed by atoms with van der Waals surface area (Å²) in [6.45, 7) is 3.61. The topological polar surface area (TPSA) is 104 Å². The fourth-order valence-electron chi connectivity index (χ4n) is 4.23. The highest BCUT2D eigenvalue weighted by Gasteiger charge is 2.38. The number of aromatic amines is 1. The second-order valence-electron chi connectivity index (χ2n) is 7.25. The van der Waals surface area contributed by atoms with Crippen LogP contribution in [-0.2, 0) is 17.8 Å². The number of nitrogens with two attached hydrogens (primary N) is 1. The van der Waals surface area contributed by atoms with Crippen molar-refractivity contribution in [1.82, 2.24) is 29.7 Å². The molecule has 2 aromatic rings. The Labute approximate surface area is 152 Å². The van der Waals surface area contributed by atoms with Gasteiger partial charge in [-0.25, -0.2) is 15.0 Å². The van der Waals surface area contributed by atoms with E-state index in [9.17, 15) is 4.79 Å². The molecule has 26 heavy (non-hydrogen) atoms. The zero-order valence-electron chi connectivity index (χ0n) is 14.8. The van der Waals surface area contributed by atoms with E-state index in [1.165, 1.54) is 0 Å². The number of amides is 1. The largest absolute Gasteiger partial charge is 0.368 e. The number of carbonyl (C=O) groups excluding carboxylic acids is 1. The van der Waals surface area contributed by atoms with Crippen molar-refractivity contribution in [3.63, 3.8) is 0 Å². The molecule has 0 aliphatic carbocycles. The first kappa shape index (κ1) is 17.0. The monoisotopic (exact) mass is 355 g/mol. The molecule has 0 saturated carbocycles. The molecule has 0 bridgehead atoms. The van der Waals surface area contributed by atoms with Crippen LogP contribution < -0.4 is 5.73 Å². The predicted octanol–water partition coefficient (Wildman–Crippen LogP) is 0.837. The number of aromatic nitrogens is 4. The van der Waals surface area contributed by atoms with Crippen LogP contribution >= 0.6 is 0 Å². The van der Waals surface area contributed by atoms with Crippen LogP contribution in [0.3, 0.4) is 0 Å². The highest BCUT2D eigenvalue weighted by molar-refractivity contribution is 5.77. The molecule has 8 heteroatoms. The van der Waals surface area contributed by atoms with Gasteiger partial charge < -0.3 is 15.6 Å². The fourth-order valence-corrected chi connectivity index (χ4v) is 4.23. The molecular formula is C18H25N7O. The summed E-state index contributed by atoms with van der Waals surface area (Å²) in [6.07, 6.45) is 10.6. The second-order valence-corrected chi connectivity index (χ2v) is 7.25. The van der Waals surface area contributed by atoms with Crippen molar-refractivity contribution in [2.75, 3.05) is 25.4 Å². The number of piperidine rings is 2. The molecule has 2 aliphatic rings. The molecule has 0 spiro atoms. The van der Waals surface area contributed by atoms with Crippen LogP contribution in [0.2, 0.25) is 0 Å². The van der Waals surface area contributed by atoms with Crippen LogP contribution in [0.5, 0.6) is 0 Å². The normalized spacial score (nSPS) is 23.8. The van der Waals surface area contributed by atoms with Gasteiger partial charge >= 0.3 is 0 Å². The van der Waals surface area contributed by atoms with E-state index in [-0.39, 0.29) is 0 Å². The minimum Gasteiger partial charge on any atom is -0.368 e. The third-order valence-electron chi connectivity index (χ3n) is 5.54. The molecule has 2 fully saturated rings. The first-order chi connectivity index (χ1) is 12.7. The first-order valence-corrected chi connectivity index (χ1v) is 9.24. The maximum absolute atomic E-state index is 12.5. The van der Waals surface area contributed by atoms with Gasteiger partial charge in [-0.1, -0.05) is 0 Å². The lowest BCUT2D eigenvalue weighted by molar-refractivity contribution is -0.141. The zero-order valence-corrected chi connectivity index (χ0v) is 14.8. The number of likely N-dealkylation sites (tertiary alicyclic amines) is 2. The standard InChI is InChI=1S/C18H25N7O/c19-18-21-7-13(8-22-18)10-24-5-4-16-14(11-24)1-2-17(26)25(16)6-3-15-9-20-12-23-15/h7-9,12,14,16H,1-6,10-11H2,(H,20,23)(H2,19,21,22)/t14-,16+/m0/s1. The van der Waals surface area contributed by atoms with Gasteiger partial charge in [0.1, 0.15) is 0 Å². The number of rotatable bonds is 5. The highest BCUT2D eigenvalue weighted by atomic mass is 16.2. The molecule has 2 aromatic heterocycles. The highest BCUT2D eigenvalue weighted by Crippen LogP contribution is 2.31. The van der Waals surface area contributed by atoms with Crippen LogP contribution in [0.25, 0.3) is 0 Å². The molecular weight excluding hydrogens is 330 g/mol. The minimum atomic E-state index is 0.297. The maximum atomic E-state index is 12.5. The van der Waals surface area contributed by atoms with Crippen molar-refractivity contribution in [3.05, 3.63) is 36.2 Å². The van der Waals surface area contributed by atoms with E-state index in [2.05, 4.69) is 29.7 Å². The number of nitrogens with one attached hydrogen (secondary N) is 1. The Hall–Kier alpha value is -2.48. The van der Waals surface area contributed by atoms with E-state index in [1.807, 2.05) is 6.20 Å². The van der Waals surface area contributed by atoms with Crippen molar-refractivity contribution >= 4 is 11.9 Å². The number of fused-ring (bicyclic) bond motifs is 1. The van der Waals surface area contributed by atoms with Gasteiger partial charge in [0.25, 0.3) is 0 Å². The lowest BCUT2D eigenvalue weighted by Gasteiger charge is -2.47. The Morgan fingerprint density at radius 3 is 2.85 bits per heavy atom. The van der Waals surface area contributed by atoms with Crippen molar-refractivity contribution in [2.24, 2.45) is 5.92 Å². The van der Waals surface area contributed by atoms with E-state index in [0.29, 0.717) is 30.2 Å². The molecule has 3 N–H and O–H groups in total. The molecule has 0 radical (unpaired) electrons. The third-order valence-corrected chi connectivity index (χ3v) is 5.54. The molecule has 1 amide bonds. The van der Waals surface area contributed by atoms with Gasteiger partial charge in [0.15, 0.2) is 0 Å². The summed E-state index contributed by atoms with van der Waals surface area (Å²) >= 11 is 0. The summed E-state index contributed by atoms with van der Waals surface area (Å²) in [5.41, 5.74) is 7.73. The Morgan fingerprint density at radius 2 is 2.08 bits per heavy atom. The first-order valence-electron chi connectivity index (χ1n) is 9.24. The van der Waals surface area contributed by atoms with E-state index in [4.69, 9.17) is 5.73 Å². The van der Waals surface area contributed by atoms with Crippen LogP contribution in [0.1, 0.15) is 30.5 Å². The molecule has 2 aliphatic heterocycles. The zero-order chi connectivity index (χ0) is 17.9. The van der Waals surface area contributed by atoms with E-state index >= 15 is 0 Å². The number of anilines is 1. The van der Waals surface area contributed by atoms with E-state index in [1.54, 1.807) is 18.7 Å². The molecule has 8 nitrogen and oxygen atoms in total. The molecule has 0 aromatic carbocycles. The van der Waals surface area contributed by atoms with Gasteiger partial charge in [-0.3, -0.25) is 9.69 Å². The lowest BCUT2D eigenvalue weighted by Crippen LogP contribution is -2.56. The van der Waals surface area contributed by atoms with Gasteiger partial charge in [0.05, 0.1) is 6.33 Å². The van der Waals surface area contributed by atoms with Crippen LogP contribution in [-0.4, -0.2) is 61.3 Å². The number of nitrogens with zero attached hydrogens (tertiary/aromatic N) is 5. The van der Waals surface area contributed by atoms with E-state index in [0.717, 1.165) is 56.7 Å². The fraction of sp³-hybridized carbons (Fsp3) is 0.556. The SMILES string of the molecule is Nc1ncc(CN2CC[C@@H]3[C@@H](CCC(=O)N3CCc3cnc[nH]3)C2)cn1. The molecule has 0 unspecified atom stereocenters. The van der Waals surface area contributed by atoms with Crippen LogP contribution in [0.15, 0.2) is 24.9 Å². The van der Waals surface area contributed by atoms with Crippen molar-refractivity contribution in [2.45, 2.75) is 38.3 Å². The summed E-state index contributed by atoms with van der Waals surface area (Å²) in [5, 5.41) is 0. The molecule has 4 heterocycles. The predicted molar refractivity (Wildman–Crippen MR) is 96.9 cm³/mol. The van der Waals surface area contributed by atoms with Crippen molar-refractivity contribution in [3.8, 4) is 0 Å². The summed E-state index contributed by atoms with van der Waals surface area (Å²) in [7, 11) is 0. The maximum Gasteiger partial charge on any atom is 0.222 e. The van der Waals surface area contributed by atoms with Gasteiger partial charge in [0, 0.05) is 74.9 Å². The third kappa shape index (κ3) is 3.70. The second kappa shape index (κ2) is 7.41. The Morgan fingerprint density at radius 1 is 1.23 bits per heavy atom. The number of hydrogen-bond donors (Lipinski definition) is 2. The number of hydrogen-bond acceptors (Lipinski definition) is 6. The van der Waals surface area contributed by atoms with Crippen molar-refractivity contribution < 1.29 is 4.79 Å². The molecule has 2 saturated heterocycles. The summed E-state index contributed by atoms with van der Waals surface area (Å²) in [4.78, 5) is 32.4. The Bertz CT molecular complexity index is 731. The molecule has 138 valence electrons. The lowest BCUT2D eigenvalue weighted by atomic mass is 9.83. The number of nitrogen functional groups attached to an aromatic ring is 1. The van der Waals surface area contributed by atoms with Gasteiger partial charge in [0.2, 0.25) is 11.9 Å². The van der Waals surface area contributed by atoms with Gasteiger partial charge in [-0.05, 0) is 18.8 Å². The summed E-state index contributed by atoms with van der Waals surface area (Å²) < 4.78 is 0. The van der Waals surface area contributed by atoms with Crippen LogP contribution in [0, 0.1) is 5.92 Å². The van der Waals surface area contributed by atoms with Crippen molar-refractivity contribution in [1.29, 1.82) is 0 Å². The molecule has 2 atom stereocenters. The quantitative estimate of drug-likeness (QED) is 0.823.